The number of morpholine rings is 1. The lowest BCUT2D eigenvalue weighted by molar-refractivity contribution is 0.0207. The van der Waals surface area contributed by atoms with Crippen molar-refractivity contribution in [1.82, 2.24) is 24.7 Å². The third kappa shape index (κ3) is 3.26. The summed E-state index contributed by atoms with van der Waals surface area (Å²) in [4.78, 5) is 2.26. The van der Waals surface area contributed by atoms with Gasteiger partial charge in [0, 0.05) is 13.1 Å². The third-order valence-corrected chi connectivity index (χ3v) is 4.27. The normalized spacial score (nSPS) is 16.3. The molecule has 22 heavy (non-hydrogen) atoms. The van der Waals surface area contributed by atoms with E-state index in [0.717, 1.165) is 32.0 Å². The summed E-state index contributed by atoms with van der Waals surface area (Å²) in [5.41, 5.74) is 2.25. The number of rotatable bonds is 4. The summed E-state index contributed by atoms with van der Waals surface area (Å²) >= 11 is 5.50. The molecule has 2 aromatic rings. The second kappa shape index (κ2) is 6.68. The Morgan fingerprint density at radius 2 is 1.82 bits per heavy atom. The summed E-state index contributed by atoms with van der Waals surface area (Å²) in [5.74, 6) is 0.513. The van der Waals surface area contributed by atoms with Crippen molar-refractivity contribution in [3.8, 4) is 5.69 Å². The summed E-state index contributed by atoms with van der Waals surface area (Å²) in [6, 6.07) is 8.31. The summed E-state index contributed by atoms with van der Waals surface area (Å²) in [5, 5.41) is 8.38. The van der Waals surface area contributed by atoms with Gasteiger partial charge in [-0.3, -0.25) is 4.90 Å². The van der Waals surface area contributed by atoms with Crippen LogP contribution in [0.25, 0.3) is 5.69 Å². The van der Waals surface area contributed by atoms with E-state index >= 15 is 0 Å². The molecule has 1 aromatic heterocycles. The van der Waals surface area contributed by atoms with Crippen molar-refractivity contribution >= 4 is 12.2 Å². The summed E-state index contributed by atoms with van der Waals surface area (Å²) < 4.78 is 9.44. The van der Waals surface area contributed by atoms with E-state index in [1.807, 2.05) is 12.1 Å². The van der Waals surface area contributed by atoms with Crippen LogP contribution in [-0.2, 0) is 11.4 Å². The molecule has 0 bridgehead atoms. The standard InChI is InChI=1S/C15H21N5OS/c1-12(2)13-3-5-14(6-4-13)20-15(22)19(16-17-20)11-18-7-9-21-10-8-18/h3-6,12H,7-11H2,1-2H3. The van der Waals surface area contributed by atoms with Crippen LogP contribution in [0.5, 0.6) is 0 Å². The maximum atomic E-state index is 5.50. The van der Waals surface area contributed by atoms with E-state index < -0.39 is 0 Å². The Labute approximate surface area is 135 Å². The Kier molecular flexibility index (Phi) is 4.66. The maximum absolute atomic E-state index is 5.50. The van der Waals surface area contributed by atoms with Crippen LogP contribution in [-0.4, -0.2) is 51.0 Å². The molecule has 0 spiro atoms. The van der Waals surface area contributed by atoms with E-state index in [1.54, 1.807) is 9.36 Å². The minimum absolute atomic E-state index is 0.513. The first kappa shape index (κ1) is 15.3. The molecule has 1 aliphatic rings. The van der Waals surface area contributed by atoms with Crippen molar-refractivity contribution < 1.29 is 4.74 Å². The van der Waals surface area contributed by atoms with E-state index in [-0.39, 0.29) is 0 Å². The number of nitrogens with zero attached hydrogens (tertiary/aromatic N) is 5. The highest BCUT2D eigenvalue weighted by molar-refractivity contribution is 7.71. The third-order valence-electron chi connectivity index (χ3n) is 3.88. The molecule has 118 valence electrons. The quantitative estimate of drug-likeness (QED) is 0.809. The van der Waals surface area contributed by atoms with Gasteiger partial charge in [-0.05, 0) is 46.3 Å². The Balaban J connectivity index is 1.79. The van der Waals surface area contributed by atoms with Gasteiger partial charge in [0.1, 0.15) is 0 Å². The lowest BCUT2D eigenvalue weighted by Gasteiger charge is -2.25. The lowest BCUT2D eigenvalue weighted by Crippen LogP contribution is -2.37. The van der Waals surface area contributed by atoms with Crippen molar-refractivity contribution in [2.24, 2.45) is 0 Å². The first-order chi connectivity index (χ1) is 10.6. The van der Waals surface area contributed by atoms with Crippen LogP contribution in [0.15, 0.2) is 24.3 Å². The molecular weight excluding hydrogens is 298 g/mol. The van der Waals surface area contributed by atoms with Crippen molar-refractivity contribution in [2.75, 3.05) is 26.3 Å². The zero-order valence-electron chi connectivity index (χ0n) is 13.0. The van der Waals surface area contributed by atoms with Crippen molar-refractivity contribution in [1.29, 1.82) is 0 Å². The zero-order chi connectivity index (χ0) is 15.5. The van der Waals surface area contributed by atoms with Crippen LogP contribution in [0.3, 0.4) is 0 Å². The molecule has 1 fully saturated rings. The molecule has 0 aliphatic carbocycles. The second-order valence-electron chi connectivity index (χ2n) is 5.79. The predicted molar refractivity (Wildman–Crippen MR) is 86.7 cm³/mol. The topological polar surface area (TPSA) is 48.1 Å². The fourth-order valence-electron chi connectivity index (χ4n) is 2.46. The molecule has 1 saturated heterocycles. The van der Waals surface area contributed by atoms with Gasteiger partial charge in [0.2, 0.25) is 4.77 Å². The minimum atomic E-state index is 0.513. The molecule has 2 heterocycles. The maximum Gasteiger partial charge on any atom is 0.221 e. The van der Waals surface area contributed by atoms with Gasteiger partial charge in [-0.1, -0.05) is 26.0 Å². The second-order valence-corrected chi connectivity index (χ2v) is 6.16. The van der Waals surface area contributed by atoms with Gasteiger partial charge in [0.15, 0.2) is 0 Å². The SMILES string of the molecule is CC(C)c1ccc(-n2nnn(CN3CCOCC3)c2=S)cc1. The highest BCUT2D eigenvalue weighted by atomic mass is 32.1. The van der Waals surface area contributed by atoms with Gasteiger partial charge < -0.3 is 4.74 Å². The van der Waals surface area contributed by atoms with Gasteiger partial charge >= 0.3 is 0 Å². The lowest BCUT2D eigenvalue weighted by atomic mass is 10.0. The fraction of sp³-hybridized carbons (Fsp3) is 0.533. The highest BCUT2D eigenvalue weighted by Crippen LogP contribution is 2.16. The molecule has 0 saturated carbocycles. The number of aromatic nitrogens is 4. The zero-order valence-corrected chi connectivity index (χ0v) is 13.8. The first-order valence-corrected chi connectivity index (χ1v) is 7.99. The molecular formula is C15H21N5OS. The number of hydrogen-bond acceptors (Lipinski definition) is 5. The van der Waals surface area contributed by atoms with Gasteiger partial charge in [-0.2, -0.15) is 4.68 Å². The number of tetrazole rings is 1. The Morgan fingerprint density at radius 1 is 1.14 bits per heavy atom. The molecule has 0 N–H and O–H groups in total. The monoisotopic (exact) mass is 319 g/mol. The molecule has 0 atom stereocenters. The molecule has 1 aromatic carbocycles. The number of hydrogen-bond donors (Lipinski definition) is 0. The largest absolute Gasteiger partial charge is 0.379 e. The van der Waals surface area contributed by atoms with Crippen molar-refractivity contribution in [3.05, 3.63) is 34.6 Å². The predicted octanol–water partition coefficient (Wildman–Crippen LogP) is 2.21. The highest BCUT2D eigenvalue weighted by Gasteiger charge is 2.13. The summed E-state index contributed by atoms with van der Waals surface area (Å²) in [6.45, 7) is 8.34. The first-order valence-electron chi connectivity index (χ1n) is 7.58. The summed E-state index contributed by atoms with van der Waals surface area (Å²) in [6.07, 6.45) is 0. The molecule has 0 unspecified atom stereocenters. The van der Waals surface area contributed by atoms with Crippen LogP contribution >= 0.6 is 12.2 Å². The molecule has 6 nitrogen and oxygen atoms in total. The van der Waals surface area contributed by atoms with Crippen LogP contribution in [0.2, 0.25) is 0 Å². The van der Waals surface area contributed by atoms with Crippen LogP contribution in [0.4, 0.5) is 0 Å². The number of ether oxygens (including phenoxy) is 1. The molecule has 7 heteroatoms. The summed E-state index contributed by atoms with van der Waals surface area (Å²) in [7, 11) is 0. The molecule has 1 aliphatic heterocycles. The van der Waals surface area contributed by atoms with Gasteiger partial charge in [-0.15, -0.1) is 0 Å². The Hall–Kier alpha value is -1.57. The smallest absolute Gasteiger partial charge is 0.221 e. The van der Waals surface area contributed by atoms with E-state index in [1.165, 1.54) is 5.56 Å². The Morgan fingerprint density at radius 3 is 2.45 bits per heavy atom. The molecule has 3 rings (SSSR count). The van der Waals surface area contributed by atoms with E-state index in [2.05, 4.69) is 41.3 Å². The molecule has 0 amide bonds. The van der Waals surface area contributed by atoms with Crippen LogP contribution in [0, 0.1) is 4.77 Å². The molecule has 0 radical (unpaired) electrons. The fourth-order valence-corrected chi connectivity index (χ4v) is 2.69. The van der Waals surface area contributed by atoms with Gasteiger partial charge in [0.05, 0.1) is 25.6 Å². The average molecular weight is 319 g/mol. The van der Waals surface area contributed by atoms with E-state index in [9.17, 15) is 0 Å². The number of benzene rings is 1. The van der Waals surface area contributed by atoms with Crippen molar-refractivity contribution in [3.63, 3.8) is 0 Å². The van der Waals surface area contributed by atoms with E-state index in [4.69, 9.17) is 17.0 Å². The van der Waals surface area contributed by atoms with Gasteiger partial charge in [0.25, 0.3) is 0 Å². The van der Waals surface area contributed by atoms with Crippen LogP contribution in [0.1, 0.15) is 25.3 Å². The van der Waals surface area contributed by atoms with Crippen molar-refractivity contribution in [2.45, 2.75) is 26.4 Å². The Bertz CT molecular complexity index is 670. The minimum Gasteiger partial charge on any atom is -0.379 e. The van der Waals surface area contributed by atoms with E-state index in [0.29, 0.717) is 17.4 Å². The van der Waals surface area contributed by atoms with Gasteiger partial charge in [-0.25, -0.2) is 4.68 Å². The average Bonchev–Trinajstić information content (AvgIpc) is 2.89. The van der Waals surface area contributed by atoms with Crippen LogP contribution < -0.4 is 0 Å².